The van der Waals surface area contributed by atoms with Crippen LogP contribution in [0.4, 0.5) is 0 Å². The Bertz CT molecular complexity index is 600. The number of carbonyl (C=O) groups is 2. The van der Waals surface area contributed by atoms with Gasteiger partial charge < -0.3 is 21.3 Å². The van der Waals surface area contributed by atoms with Crippen LogP contribution >= 0.6 is 0 Å². The van der Waals surface area contributed by atoms with Crippen molar-refractivity contribution in [2.45, 2.75) is 77.5 Å². The summed E-state index contributed by atoms with van der Waals surface area (Å²) in [5, 5.41) is 9.38. The summed E-state index contributed by atoms with van der Waals surface area (Å²) in [5.41, 5.74) is 13.4. The molecule has 3 atom stereocenters. The number of Topliss-reactive ketones (excluding diaryl/α,β-unsaturated/α-hetero) is 1. The van der Waals surface area contributed by atoms with Crippen LogP contribution in [0, 0.1) is 0 Å². The molecule has 146 valence electrons. The first-order valence-corrected chi connectivity index (χ1v) is 9.12. The molecule has 5 N–H and O–H groups in total. The lowest BCUT2D eigenvalue weighted by Gasteiger charge is -2.20. The molecule has 0 aliphatic heterocycles. The fourth-order valence-corrected chi connectivity index (χ4v) is 2.67. The van der Waals surface area contributed by atoms with Gasteiger partial charge in [0.25, 0.3) is 0 Å². The monoisotopic (exact) mass is 364 g/mol. The van der Waals surface area contributed by atoms with E-state index in [0.29, 0.717) is 5.75 Å². The minimum atomic E-state index is -1.05. The number of para-hydroxylation sites is 1. The summed E-state index contributed by atoms with van der Waals surface area (Å²) in [6, 6.07) is 3.92. The van der Waals surface area contributed by atoms with Gasteiger partial charge in [-0.3, -0.25) is 9.59 Å². The molecule has 0 spiro atoms. The molecular formula is C20H32N2O4. The second-order valence-corrected chi connectivity index (χ2v) is 7.36. The summed E-state index contributed by atoms with van der Waals surface area (Å²) in [6.45, 7) is 9.61. The van der Waals surface area contributed by atoms with Crippen LogP contribution in [-0.2, 0) is 9.59 Å². The van der Waals surface area contributed by atoms with E-state index in [4.69, 9.17) is 16.2 Å². The second-order valence-electron chi connectivity index (χ2n) is 7.36. The van der Waals surface area contributed by atoms with Gasteiger partial charge in [-0.25, -0.2) is 0 Å². The van der Waals surface area contributed by atoms with E-state index in [9.17, 15) is 14.7 Å². The van der Waals surface area contributed by atoms with Crippen LogP contribution in [0.15, 0.2) is 18.2 Å². The highest BCUT2D eigenvalue weighted by Crippen LogP contribution is 2.34. The quantitative estimate of drug-likeness (QED) is 0.457. The molecule has 1 rings (SSSR count). The molecule has 0 aromatic heterocycles. The van der Waals surface area contributed by atoms with E-state index in [1.165, 1.54) is 6.92 Å². The Morgan fingerprint density at radius 1 is 1.04 bits per heavy atom. The summed E-state index contributed by atoms with van der Waals surface area (Å²) in [6.07, 6.45) is -0.852. The van der Waals surface area contributed by atoms with Gasteiger partial charge in [0, 0.05) is 6.42 Å². The summed E-state index contributed by atoms with van der Waals surface area (Å²) in [7, 11) is 0. The molecule has 0 amide bonds. The number of hydrogen-bond acceptors (Lipinski definition) is 6. The van der Waals surface area contributed by atoms with Gasteiger partial charge in [0.15, 0.2) is 5.78 Å². The van der Waals surface area contributed by atoms with Crippen molar-refractivity contribution in [1.29, 1.82) is 0 Å². The average Bonchev–Trinajstić information content (AvgIpc) is 2.57. The largest absolute Gasteiger partial charge is 0.426 e. The number of benzene rings is 1. The van der Waals surface area contributed by atoms with Gasteiger partial charge in [-0.15, -0.1) is 0 Å². The van der Waals surface area contributed by atoms with E-state index >= 15 is 0 Å². The van der Waals surface area contributed by atoms with Crippen molar-refractivity contribution in [3.8, 4) is 5.75 Å². The van der Waals surface area contributed by atoms with Crippen LogP contribution in [0.5, 0.6) is 5.75 Å². The minimum absolute atomic E-state index is 0.00337. The number of ether oxygens (including phenoxy) is 1. The van der Waals surface area contributed by atoms with E-state index in [1.807, 2.05) is 45.9 Å². The number of ketones is 1. The molecule has 0 bridgehead atoms. The van der Waals surface area contributed by atoms with E-state index in [0.717, 1.165) is 11.1 Å². The third-order valence-electron chi connectivity index (χ3n) is 4.41. The van der Waals surface area contributed by atoms with Gasteiger partial charge in [0.1, 0.15) is 5.75 Å². The predicted octanol–water partition coefficient (Wildman–Crippen LogP) is 2.22. The van der Waals surface area contributed by atoms with Gasteiger partial charge in [-0.2, -0.15) is 0 Å². The molecule has 0 saturated carbocycles. The number of rotatable bonds is 9. The molecule has 1 unspecified atom stereocenters. The van der Waals surface area contributed by atoms with E-state index in [-0.39, 0.29) is 24.7 Å². The van der Waals surface area contributed by atoms with Crippen molar-refractivity contribution in [2.24, 2.45) is 11.5 Å². The third-order valence-corrected chi connectivity index (χ3v) is 4.41. The van der Waals surface area contributed by atoms with Crippen LogP contribution in [-0.4, -0.2) is 35.0 Å². The molecule has 0 radical (unpaired) electrons. The number of hydrogen-bond donors (Lipinski definition) is 3. The highest BCUT2D eigenvalue weighted by molar-refractivity contribution is 5.89. The molecule has 1 aromatic rings. The standard InChI is InChI=1S/C20H32N2O4/c1-11(2)14-7-6-8-15(12(3)4)20(14)26-17(24)10-9-16(21)19(25)18(22)13(5)23/h6-8,11-13,16,18,23H,9-10,21-22H2,1-5H3/t13-,16?,18+/m1/s1. The Morgan fingerprint density at radius 2 is 1.54 bits per heavy atom. The van der Waals surface area contributed by atoms with Gasteiger partial charge in [-0.1, -0.05) is 45.9 Å². The Hall–Kier alpha value is -1.76. The first-order valence-electron chi connectivity index (χ1n) is 9.12. The minimum Gasteiger partial charge on any atom is -0.426 e. The lowest BCUT2D eigenvalue weighted by atomic mass is 9.94. The number of aliphatic hydroxyl groups is 1. The zero-order valence-electron chi connectivity index (χ0n) is 16.4. The van der Waals surface area contributed by atoms with Crippen molar-refractivity contribution in [3.63, 3.8) is 0 Å². The Kier molecular flexibility index (Phi) is 8.40. The number of nitrogens with two attached hydrogens (primary N) is 2. The highest BCUT2D eigenvalue weighted by atomic mass is 16.5. The molecule has 0 saturated heterocycles. The maximum absolute atomic E-state index is 12.3. The average molecular weight is 364 g/mol. The fraction of sp³-hybridized carbons (Fsp3) is 0.600. The Morgan fingerprint density at radius 3 is 1.96 bits per heavy atom. The van der Waals surface area contributed by atoms with E-state index in [1.54, 1.807) is 0 Å². The maximum Gasteiger partial charge on any atom is 0.311 e. The van der Waals surface area contributed by atoms with Gasteiger partial charge >= 0.3 is 5.97 Å². The Labute approximate surface area is 155 Å². The molecule has 6 nitrogen and oxygen atoms in total. The topological polar surface area (TPSA) is 116 Å². The van der Waals surface area contributed by atoms with Crippen molar-refractivity contribution in [1.82, 2.24) is 0 Å². The third kappa shape index (κ3) is 5.90. The van der Waals surface area contributed by atoms with Crippen LogP contribution in [0.3, 0.4) is 0 Å². The summed E-state index contributed by atoms with van der Waals surface area (Å²) in [4.78, 5) is 24.3. The van der Waals surface area contributed by atoms with Crippen molar-refractivity contribution < 1.29 is 19.4 Å². The van der Waals surface area contributed by atoms with E-state index < -0.39 is 29.9 Å². The van der Waals surface area contributed by atoms with Crippen LogP contribution in [0.2, 0.25) is 0 Å². The van der Waals surface area contributed by atoms with Crippen LogP contribution in [0.25, 0.3) is 0 Å². The number of carbonyl (C=O) groups excluding carboxylic acids is 2. The van der Waals surface area contributed by atoms with Crippen molar-refractivity contribution in [3.05, 3.63) is 29.3 Å². The number of aliphatic hydroxyl groups excluding tert-OH is 1. The maximum atomic E-state index is 12.3. The summed E-state index contributed by atoms with van der Waals surface area (Å²) < 4.78 is 5.65. The molecule has 0 aliphatic rings. The van der Waals surface area contributed by atoms with Crippen LogP contribution < -0.4 is 16.2 Å². The smallest absolute Gasteiger partial charge is 0.311 e. The predicted molar refractivity (Wildman–Crippen MR) is 102 cm³/mol. The van der Waals surface area contributed by atoms with E-state index in [2.05, 4.69) is 0 Å². The molecular weight excluding hydrogens is 332 g/mol. The Balaban J connectivity index is 2.81. The fourth-order valence-electron chi connectivity index (χ4n) is 2.67. The zero-order valence-corrected chi connectivity index (χ0v) is 16.4. The summed E-state index contributed by atoms with van der Waals surface area (Å²) >= 11 is 0. The second kappa shape index (κ2) is 9.80. The normalized spacial score (nSPS) is 15.0. The van der Waals surface area contributed by atoms with Crippen molar-refractivity contribution >= 4 is 11.8 Å². The molecule has 0 heterocycles. The summed E-state index contributed by atoms with van der Waals surface area (Å²) in [5.74, 6) is 0.129. The first-order chi connectivity index (χ1) is 12.1. The SMILES string of the molecule is CC(C)c1cccc(C(C)C)c1OC(=O)CCC(N)C(=O)[C@@H](N)[C@@H](C)O. The zero-order chi connectivity index (χ0) is 20.0. The molecule has 0 fully saturated rings. The molecule has 1 aromatic carbocycles. The molecule has 6 heteroatoms. The van der Waals surface area contributed by atoms with Gasteiger partial charge in [0.05, 0.1) is 18.2 Å². The lowest BCUT2D eigenvalue weighted by molar-refractivity contribution is -0.134. The van der Waals surface area contributed by atoms with Gasteiger partial charge in [0.2, 0.25) is 0 Å². The highest BCUT2D eigenvalue weighted by Gasteiger charge is 2.26. The van der Waals surface area contributed by atoms with Gasteiger partial charge in [-0.05, 0) is 36.3 Å². The van der Waals surface area contributed by atoms with Crippen LogP contribution in [0.1, 0.15) is 70.4 Å². The number of esters is 1. The molecule has 26 heavy (non-hydrogen) atoms. The molecule has 0 aliphatic carbocycles. The first kappa shape index (κ1) is 22.3. The van der Waals surface area contributed by atoms with Crippen molar-refractivity contribution in [2.75, 3.05) is 0 Å². The lowest BCUT2D eigenvalue weighted by Crippen LogP contribution is -2.48.